The van der Waals surface area contributed by atoms with Crippen LogP contribution in [0.5, 0.6) is 0 Å². The van der Waals surface area contributed by atoms with Crippen LogP contribution in [0, 0.1) is 40.9 Å². The van der Waals surface area contributed by atoms with E-state index in [0.29, 0.717) is 24.2 Å². The lowest BCUT2D eigenvalue weighted by atomic mass is 9.49. The predicted octanol–water partition coefficient (Wildman–Crippen LogP) is 5.02. The summed E-state index contributed by atoms with van der Waals surface area (Å²) >= 11 is 0. The summed E-state index contributed by atoms with van der Waals surface area (Å²) in [5.74, 6) is 4.33. The van der Waals surface area contributed by atoms with Gasteiger partial charge >= 0.3 is 0 Å². The third kappa shape index (κ3) is 3.18. The molecule has 0 unspecified atom stereocenters. The summed E-state index contributed by atoms with van der Waals surface area (Å²) < 4.78 is 1.85. The first-order valence-electron chi connectivity index (χ1n) is 12.9. The number of pyridine rings is 1. The maximum atomic E-state index is 13.6. The topological polar surface area (TPSA) is 68.0 Å². The molecular formula is C27H37N3O2. The van der Waals surface area contributed by atoms with Crippen LogP contribution in [-0.4, -0.2) is 31.3 Å². The second-order valence-electron chi connectivity index (χ2n) is 12.0. The van der Waals surface area contributed by atoms with Crippen molar-refractivity contribution in [3.63, 3.8) is 0 Å². The van der Waals surface area contributed by atoms with E-state index in [0.717, 1.165) is 48.0 Å². The van der Waals surface area contributed by atoms with E-state index in [-0.39, 0.29) is 11.3 Å². The van der Waals surface area contributed by atoms with E-state index in [1.165, 1.54) is 38.5 Å². The summed E-state index contributed by atoms with van der Waals surface area (Å²) in [6.45, 7) is 4.85. The molecule has 4 aliphatic carbocycles. The molecule has 6 rings (SSSR count). The van der Waals surface area contributed by atoms with Crippen molar-refractivity contribution >= 4 is 16.8 Å². The molecule has 0 saturated heterocycles. The monoisotopic (exact) mass is 435 g/mol. The van der Waals surface area contributed by atoms with Crippen LogP contribution in [0.2, 0.25) is 0 Å². The van der Waals surface area contributed by atoms with Crippen LogP contribution in [0.25, 0.3) is 11.0 Å². The Balaban J connectivity index is 1.20. The van der Waals surface area contributed by atoms with Gasteiger partial charge < -0.3 is 5.11 Å². The normalized spacial score (nSPS) is 43.5. The lowest BCUT2D eigenvalue weighted by Crippen LogP contribution is -2.51. The minimum absolute atomic E-state index is 0.145. The largest absolute Gasteiger partial charge is 0.390 e. The number of nitrogens with zero attached hydrogens (tertiary/aromatic N) is 3. The van der Waals surface area contributed by atoms with E-state index in [2.05, 4.69) is 17.0 Å². The van der Waals surface area contributed by atoms with Crippen molar-refractivity contribution in [2.24, 2.45) is 40.9 Å². The van der Waals surface area contributed by atoms with Crippen LogP contribution in [0.4, 0.5) is 0 Å². The number of aliphatic hydroxyl groups is 1. The van der Waals surface area contributed by atoms with Gasteiger partial charge in [-0.25, -0.2) is 0 Å². The highest BCUT2D eigenvalue weighted by Gasteiger charge is 2.58. The third-order valence-electron chi connectivity index (χ3n) is 10.3. The molecule has 0 spiro atoms. The molecule has 0 aliphatic heterocycles. The molecule has 0 amide bonds. The number of fused-ring (bicyclic) bond motifs is 6. The Hall–Kier alpha value is -1.75. The average Bonchev–Trinajstić information content (AvgIpc) is 3.33. The fraction of sp³-hybridized carbons (Fsp3) is 0.741. The van der Waals surface area contributed by atoms with Gasteiger partial charge in [-0.3, -0.25) is 14.5 Å². The maximum absolute atomic E-state index is 13.6. The van der Waals surface area contributed by atoms with Crippen molar-refractivity contribution in [2.45, 2.75) is 83.8 Å². The highest BCUT2D eigenvalue weighted by molar-refractivity contribution is 5.84. The van der Waals surface area contributed by atoms with Gasteiger partial charge in [0.15, 0.2) is 5.78 Å². The molecule has 32 heavy (non-hydrogen) atoms. The highest BCUT2D eigenvalue weighted by Crippen LogP contribution is 2.64. The van der Waals surface area contributed by atoms with Gasteiger partial charge in [0.25, 0.3) is 0 Å². The van der Waals surface area contributed by atoms with Crippen molar-refractivity contribution in [3.05, 3.63) is 24.5 Å². The molecule has 8 atom stereocenters. The molecular weight excluding hydrogens is 398 g/mol. The molecule has 1 N–H and O–H groups in total. The number of ketones is 1. The molecule has 2 heterocycles. The van der Waals surface area contributed by atoms with Crippen LogP contribution >= 0.6 is 0 Å². The summed E-state index contributed by atoms with van der Waals surface area (Å²) in [5.41, 5.74) is 1.51. The Morgan fingerprint density at radius 3 is 2.81 bits per heavy atom. The van der Waals surface area contributed by atoms with E-state index in [1.54, 1.807) is 12.4 Å². The molecule has 4 fully saturated rings. The maximum Gasteiger partial charge on any atom is 0.157 e. The Labute approximate surface area is 191 Å². The summed E-state index contributed by atoms with van der Waals surface area (Å²) in [4.78, 5) is 17.9. The Bertz CT molecular complexity index is 1030. The molecule has 4 saturated carbocycles. The Kier molecular flexibility index (Phi) is 4.80. The second-order valence-corrected chi connectivity index (χ2v) is 12.0. The van der Waals surface area contributed by atoms with Gasteiger partial charge in [-0.15, -0.1) is 0 Å². The van der Waals surface area contributed by atoms with Gasteiger partial charge in [0.2, 0.25) is 0 Å². The van der Waals surface area contributed by atoms with Gasteiger partial charge in [-0.1, -0.05) is 6.92 Å². The van der Waals surface area contributed by atoms with Gasteiger partial charge in [-0.2, -0.15) is 5.10 Å². The summed E-state index contributed by atoms with van der Waals surface area (Å²) in [5, 5.41) is 15.1. The van der Waals surface area contributed by atoms with Gasteiger partial charge in [-0.05, 0) is 112 Å². The number of hydrogen-bond donors (Lipinski definition) is 1. The lowest BCUT2D eigenvalue weighted by Gasteiger charge is -2.56. The van der Waals surface area contributed by atoms with Gasteiger partial charge in [0.05, 0.1) is 17.3 Å². The van der Waals surface area contributed by atoms with E-state index < -0.39 is 5.60 Å². The quantitative estimate of drug-likeness (QED) is 0.735. The van der Waals surface area contributed by atoms with E-state index >= 15 is 0 Å². The fourth-order valence-corrected chi connectivity index (χ4v) is 8.91. The Morgan fingerprint density at radius 2 is 1.94 bits per heavy atom. The molecule has 0 radical (unpaired) electrons. The zero-order valence-corrected chi connectivity index (χ0v) is 19.5. The van der Waals surface area contributed by atoms with Gasteiger partial charge in [0.1, 0.15) is 12.1 Å². The lowest BCUT2D eigenvalue weighted by molar-refractivity contribution is -0.133. The van der Waals surface area contributed by atoms with Gasteiger partial charge in [0, 0.05) is 12.1 Å². The summed E-state index contributed by atoms with van der Waals surface area (Å²) in [7, 11) is 0. The molecule has 0 bridgehead atoms. The van der Waals surface area contributed by atoms with Crippen molar-refractivity contribution in [2.75, 3.05) is 0 Å². The first kappa shape index (κ1) is 20.8. The number of carbonyl (C=O) groups excluding carboxylic acids is 1. The number of Topliss-reactive ketones (excluding diaryl/α,β-unsaturated/α-hetero) is 1. The van der Waals surface area contributed by atoms with Crippen molar-refractivity contribution < 1.29 is 9.90 Å². The number of rotatable bonds is 3. The smallest absolute Gasteiger partial charge is 0.157 e. The zero-order chi connectivity index (χ0) is 22.1. The predicted molar refractivity (Wildman–Crippen MR) is 124 cm³/mol. The second kappa shape index (κ2) is 7.38. The third-order valence-corrected chi connectivity index (χ3v) is 10.3. The standard InChI is InChI=1S/C27H37N3O2/c1-26(32)11-9-18-17(14-26)5-6-20-19(18)10-12-27(2)21(20)7-8-22(27)25(31)16-30-24-4-3-13-28-23(24)15-29-30/h3-4,13,15,17-22,32H,5-12,14,16H2,1-2H3/t17-,18-,19+,20+,21-,22+,26+,27-/m0/s1. The number of carbonyl (C=O) groups is 1. The molecule has 2 aromatic heterocycles. The molecule has 0 aromatic carbocycles. The van der Waals surface area contributed by atoms with Crippen LogP contribution in [0.15, 0.2) is 24.5 Å². The SMILES string of the molecule is C[C@@]1(O)CC[C@H]2[C@@H](CC[C@@H]3[C@@H]2CC[C@]2(C)[C@@H](C(=O)Cn4ncc5ncccc54)CC[C@@H]32)C1. The zero-order valence-electron chi connectivity index (χ0n) is 19.5. The Morgan fingerprint density at radius 1 is 1.09 bits per heavy atom. The summed E-state index contributed by atoms with van der Waals surface area (Å²) in [6.07, 6.45) is 14.0. The van der Waals surface area contributed by atoms with Crippen LogP contribution in [0.1, 0.15) is 71.6 Å². The molecule has 4 aliphatic rings. The van der Waals surface area contributed by atoms with Crippen LogP contribution < -0.4 is 0 Å². The average molecular weight is 436 g/mol. The highest BCUT2D eigenvalue weighted by atomic mass is 16.3. The van der Waals surface area contributed by atoms with Crippen LogP contribution in [-0.2, 0) is 11.3 Å². The van der Waals surface area contributed by atoms with Crippen molar-refractivity contribution in [1.82, 2.24) is 14.8 Å². The van der Waals surface area contributed by atoms with E-state index in [1.807, 2.05) is 23.7 Å². The summed E-state index contributed by atoms with van der Waals surface area (Å²) in [6, 6.07) is 3.92. The first-order chi connectivity index (χ1) is 15.4. The van der Waals surface area contributed by atoms with Crippen LogP contribution in [0.3, 0.4) is 0 Å². The molecule has 2 aromatic rings. The molecule has 172 valence electrons. The number of aromatic nitrogens is 3. The van der Waals surface area contributed by atoms with E-state index in [9.17, 15) is 9.90 Å². The van der Waals surface area contributed by atoms with Crippen molar-refractivity contribution in [1.29, 1.82) is 0 Å². The van der Waals surface area contributed by atoms with E-state index in [4.69, 9.17) is 0 Å². The minimum atomic E-state index is -0.450. The molecule has 5 heteroatoms. The fourth-order valence-electron chi connectivity index (χ4n) is 8.91. The minimum Gasteiger partial charge on any atom is -0.390 e. The number of hydrogen-bond acceptors (Lipinski definition) is 4. The molecule has 5 nitrogen and oxygen atoms in total. The first-order valence-corrected chi connectivity index (χ1v) is 12.9. The van der Waals surface area contributed by atoms with Crippen molar-refractivity contribution in [3.8, 4) is 0 Å².